The Hall–Kier alpha value is -2.40. The number of aromatic nitrogens is 3. The standard InChI is InChI=1S/C16H13N3OS/c1-10-7-11(2)19(18-10)16-17-13(9-21-16)15-8-12-5-3-4-6-14(12)20-15/h3-9H,1-2H3. The highest BCUT2D eigenvalue weighted by atomic mass is 32.1. The van der Waals surface area contributed by atoms with Crippen LogP contribution >= 0.6 is 11.3 Å². The minimum atomic E-state index is 0.792. The van der Waals surface area contributed by atoms with Crippen LogP contribution in [0.4, 0.5) is 0 Å². The third kappa shape index (κ3) is 2.06. The number of rotatable bonds is 2. The topological polar surface area (TPSA) is 43.9 Å². The zero-order valence-corrected chi connectivity index (χ0v) is 12.5. The van der Waals surface area contributed by atoms with Gasteiger partial charge in [-0.2, -0.15) is 5.10 Å². The molecule has 21 heavy (non-hydrogen) atoms. The number of benzene rings is 1. The molecular formula is C16H13N3OS. The van der Waals surface area contributed by atoms with Gasteiger partial charge in [-0.3, -0.25) is 0 Å². The summed E-state index contributed by atoms with van der Waals surface area (Å²) in [5.41, 5.74) is 3.80. The van der Waals surface area contributed by atoms with Crippen molar-refractivity contribution >= 4 is 22.3 Å². The van der Waals surface area contributed by atoms with Crippen LogP contribution in [-0.4, -0.2) is 14.8 Å². The zero-order chi connectivity index (χ0) is 14.4. The molecule has 104 valence electrons. The van der Waals surface area contributed by atoms with Gasteiger partial charge in [-0.15, -0.1) is 11.3 Å². The molecule has 0 atom stereocenters. The first-order valence-corrected chi connectivity index (χ1v) is 7.57. The van der Waals surface area contributed by atoms with E-state index in [0.717, 1.165) is 38.9 Å². The van der Waals surface area contributed by atoms with E-state index in [9.17, 15) is 0 Å². The predicted octanol–water partition coefficient (Wildman–Crippen LogP) is 4.36. The van der Waals surface area contributed by atoms with Crippen LogP contribution in [-0.2, 0) is 0 Å². The molecule has 0 aliphatic carbocycles. The third-order valence-corrected chi connectivity index (χ3v) is 4.18. The molecule has 0 saturated carbocycles. The molecule has 0 aliphatic rings. The maximum atomic E-state index is 5.85. The van der Waals surface area contributed by atoms with E-state index in [-0.39, 0.29) is 0 Å². The van der Waals surface area contributed by atoms with Crippen LogP contribution in [0.5, 0.6) is 0 Å². The minimum Gasteiger partial charge on any atom is -0.454 e. The Morgan fingerprint density at radius 1 is 1.14 bits per heavy atom. The Kier molecular flexibility index (Phi) is 2.68. The SMILES string of the molecule is Cc1cc(C)n(-c2nc(-c3cc4ccccc4o3)cs2)n1. The van der Waals surface area contributed by atoms with Crippen molar-refractivity contribution in [2.75, 3.05) is 0 Å². The van der Waals surface area contributed by atoms with Gasteiger partial charge in [0, 0.05) is 16.5 Å². The van der Waals surface area contributed by atoms with Gasteiger partial charge in [0.05, 0.1) is 5.69 Å². The molecule has 0 aliphatic heterocycles. The first kappa shape index (κ1) is 12.3. The number of furan rings is 1. The molecule has 0 N–H and O–H groups in total. The summed E-state index contributed by atoms with van der Waals surface area (Å²) in [4.78, 5) is 4.65. The molecule has 1 aromatic carbocycles. The van der Waals surface area contributed by atoms with Crippen molar-refractivity contribution in [3.8, 4) is 16.6 Å². The predicted molar refractivity (Wildman–Crippen MR) is 83.9 cm³/mol. The summed E-state index contributed by atoms with van der Waals surface area (Å²) in [6, 6.07) is 12.0. The van der Waals surface area contributed by atoms with Gasteiger partial charge in [-0.1, -0.05) is 18.2 Å². The lowest BCUT2D eigenvalue weighted by Crippen LogP contribution is -1.97. The van der Waals surface area contributed by atoms with Crippen molar-refractivity contribution < 1.29 is 4.42 Å². The summed E-state index contributed by atoms with van der Waals surface area (Å²) in [6.07, 6.45) is 0. The molecule has 0 unspecified atom stereocenters. The molecule has 4 nitrogen and oxygen atoms in total. The number of fused-ring (bicyclic) bond motifs is 1. The quantitative estimate of drug-likeness (QED) is 0.552. The highest BCUT2D eigenvalue weighted by Crippen LogP contribution is 2.29. The van der Waals surface area contributed by atoms with Crippen molar-refractivity contribution in [1.82, 2.24) is 14.8 Å². The summed E-state index contributed by atoms with van der Waals surface area (Å²) in [6.45, 7) is 4.01. The zero-order valence-electron chi connectivity index (χ0n) is 11.7. The first-order chi connectivity index (χ1) is 10.2. The fourth-order valence-corrected chi connectivity index (χ4v) is 3.23. The van der Waals surface area contributed by atoms with Crippen LogP contribution < -0.4 is 0 Å². The summed E-state index contributed by atoms with van der Waals surface area (Å²) in [5.74, 6) is 0.792. The van der Waals surface area contributed by atoms with Crippen molar-refractivity contribution in [3.05, 3.63) is 53.2 Å². The van der Waals surface area contributed by atoms with Gasteiger partial charge in [0.1, 0.15) is 11.3 Å². The van der Waals surface area contributed by atoms with E-state index in [1.165, 1.54) is 0 Å². The lowest BCUT2D eigenvalue weighted by atomic mass is 10.2. The number of hydrogen-bond donors (Lipinski definition) is 0. The largest absolute Gasteiger partial charge is 0.454 e. The van der Waals surface area contributed by atoms with Crippen LogP contribution in [0.2, 0.25) is 0 Å². The second kappa shape index (κ2) is 4.56. The highest BCUT2D eigenvalue weighted by Gasteiger charge is 2.12. The van der Waals surface area contributed by atoms with E-state index in [4.69, 9.17) is 4.42 Å². The van der Waals surface area contributed by atoms with E-state index in [1.54, 1.807) is 11.3 Å². The highest BCUT2D eigenvalue weighted by molar-refractivity contribution is 7.12. The van der Waals surface area contributed by atoms with Crippen LogP contribution in [0.1, 0.15) is 11.4 Å². The number of nitrogens with zero attached hydrogens (tertiary/aromatic N) is 3. The molecule has 0 radical (unpaired) electrons. The van der Waals surface area contributed by atoms with Crippen molar-refractivity contribution in [2.24, 2.45) is 0 Å². The molecule has 0 spiro atoms. The van der Waals surface area contributed by atoms with Crippen LogP contribution in [0.15, 0.2) is 46.2 Å². The van der Waals surface area contributed by atoms with Gasteiger partial charge in [0.15, 0.2) is 5.76 Å². The molecule has 3 heterocycles. The third-order valence-electron chi connectivity index (χ3n) is 3.36. The van der Waals surface area contributed by atoms with Crippen LogP contribution in [0.3, 0.4) is 0 Å². The number of thiazole rings is 1. The van der Waals surface area contributed by atoms with Gasteiger partial charge in [0.2, 0.25) is 5.13 Å². The summed E-state index contributed by atoms with van der Waals surface area (Å²) < 4.78 is 7.72. The average Bonchev–Trinajstić information content (AvgIpc) is 3.15. The van der Waals surface area contributed by atoms with Gasteiger partial charge in [0.25, 0.3) is 0 Å². The normalized spacial score (nSPS) is 11.3. The van der Waals surface area contributed by atoms with Gasteiger partial charge in [-0.25, -0.2) is 9.67 Å². The lowest BCUT2D eigenvalue weighted by molar-refractivity contribution is 0.629. The number of hydrogen-bond acceptors (Lipinski definition) is 4. The van der Waals surface area contributed by atoms with Gasteiger partial charge < -0.3 is 4.42 Å². The van der Waals surface area contributed by atoms with Gasteiger partial charge in [-0.05, 0) is 32.0 Å². The van der Waals surface area contributed by atoms with E-state index in [2.05, 4.69) is 10.1 Å². The van der Waals surface area contributed by atoms with E-state index in [1.807, 2.05) is 60.3 Å². The minimum absolute atomic E-state index is 0.792. The maximum Gasteiger partial charge on any atom is 0.211 e. The Labute approximate surface area is 125 Å². The molecule has 0 bridgehead atoms. The van der Waals surface area contributed by atoms with E-state index < -0.39 is 0 Å². The van der Waals surface area contributed by atoms with Gasteiger partial charge >= 0.3 is 0 Å². The molecule has 0 saturated heterocycles. The van der Waals surface area contributed by atoms with E-state index >= 15 is 0 Å². The Bertz CT molecular complexity index is 899. The molecule has 3 aromatic heterocycles. The second-order valence-corrected chi connectivity index (χ2v) is 5.84. The molecule has 4 aromatic rings. The van der Waals surface area contributed by atoms with Crippen molar-refractivity contribution in [1.29, 1.82) is 0 Å². The molecular weight excluding hydrogens is 282 g/mol. The van der Waals surface area contributed by atoms with Crippen LogP contribution in [0.25, 0.3) is 27.6 Å². The summed E-state index contributed by atoms with van der Waals surface area (Å²) in [5, 5.41) is 8.42. The van der Waals surface area contributed by atoms with Crippen molar-refractivity contribution in [2.45, 2.75) is 13.8 Å². The lowest BCUT2D eigenvalue weighted by Gasteiger charge is -1.97. The Morgan fingerprint density at radius 2 is 2.00 bits per heavy atom. The Balaban J connectivity index is 1.78. The molecule has 4 rings (SSSR count). The Morgan fingerprint density at radius 3 is 2.76 bits per heavy atom. The maximum absolute atomic E-state index is 5.85. The van der Waals surface area contributed by atoms with Crippen molar-refractivity contribution in [3.63, 3.8) is 0 Å². The molecule has 0 amide bonds. The number of para-hydroxylation sites is 1. The summed E-state index contributed by atoms with van der Waals surface area (Å²) in [7, 11) is 0. The fourth-order valence-electron chi connectivity index (χ4n) is 2.41. The smallest absolute Gasteiger partial charge is 0.211 e. The van der Waals surface area contributed by atoms with E-state index in [0.29, 0.717) is 0 Å². The molecule has 0 fully saturated rings. The monoisotopic (exact) mass is 295 g/mol. The number of aryl methyl sites for hydroxylation is 2. The van der Waals surface area contributed by atoms with Crippen LogP contribution in [0, 0.1) is 13.8 Å². The second-order valence-electron chi connectivity index (χ2n) is 5.00. The average molecular weight is 295 g/mol. The molecule has 5 heteroatoms. The fraction of sp³-hybridized carbons (Fsp3) is 0.125. The summed E-state index contributed by atoms with van der Waals surface area (Å²) >= 11 is 1.56. The first-order valence-electron chi connectivity index (χ1n) is 6.69.